The van der Waals surface area contributed by atoms with Gasteiger partial charge in [-0.3, -0.25) is 4.79 Å². The molecule has 158 valence electrons. The zero-order chi connectivity index (χ0) is 21.7. The quantitative estimate of drug-likeness (QED) is 0.568. The number of amides is 1. The zero-order valence-electron chi connectivity index (χ0n) is 17.9. The number of nitrogens with one attached hydrogen (secondary N) is 1. The number of rotatable bonds is 8. The smallest absolute Gasteiger partial charge is 0.287 e. The first-order valence-corrected chi connectivity index (χ1v) is 9.72. The zero-order valence-corrected chi connectivity index (χ0v) is 17.9. The first-order valence-electron chi connectivity index (χ1n) is 9.72. The lowest BCUT2D eigenvalue weighted by Crippen LogP contribution is -2.26. The molecule has 6 nitrogen and oxygen atoms in total. The van der Waals surface area contributed by atoms with E-state index in [1.54, 1.807) is 26.4 Å². The Bertz CT molecular complexity index is 1000. The van der Waals surface area contributed by atoms with Crippen LogP contribution in [0, 0.1) is 13.8 Å². The van der Waals surface area contributed by atoms with Crippen LogP contribution in [0.2, 0.25) is 0 Å². The number of hydrogen-bond donors (Lipinski definition) is 1. The highest BCUT2D eigenvalue weighted by Gasteiger charge is 2.18. The molecule has 0 saturated carbocycles. The number of carbonyl (C=O) groups excluding carboxylic acids is 1. The van der Waals surface area contributed by atoms with E-state index < -0.39 is 0 Å². The van der Waals surface area contributed by atoms with E-state index in [-0.39, 0.29) is 24.3 Å². The van der Waals surface area contributed by atoms with Crippen molar-refractivity contribution in [1.29, 1.82) is 0 Å². The highest BCUT2D eigenvalue weighted by atomic mass is 16.5. The van der Waals surface area contributed by atoms with Gasteiger partial charge in [0.25, 0.3) is 5.91 Å². The van der Waals surface area contributed by atoms with Gasteiger partial charge in [-0.2, -0.15) is 0 Å². The molecule has 6 heteroatoms. The fraction of sp³-hybridized carbons (Fsp3) is 0.292. The Morgan fingerprint density at radius 3 is 2.37 bits per heavy atom. The third kappa shape index (κ3) is 5.14. The lowest BCUT2D eigenvalue weighted by atomic mass is 10.1. The van der Waals surface area contributed by atoms with Crippen molar-refractivity contribution in [2.45, 2.75) is 33.4 Å². The monoisotopic (exact) mass is 409 g/mol. The molecule has 1 atom stereocenters. The Hall–Kier alpha value is -3.41. The SMILES string of the molecule is COc1ccc(OC)c(C(C)NC(=O)c2ccc(COc3cc(C)cc(C)c3)o2)c1. The Morgan fingerprint density at radius 1 is 0.967 bits per heavy atom. The minimum absolute atomic E-state index is 0.225. The van der Waals surface area contributed by atoms with Gasteiger partial charge in [0.2, 0.25) is 0 Å². The van der Waals surface area contributed by atoms with E-state index in [0.29, 0.717) is 17.3 Å². The van der Waals surface area contributed by atoms with Gasteiger partial charge >= 0.3 is 0 Å². The van der Waals surface area contributed by atoms with Crippen LogP contribution in [0.1, 0.15) is 46.0 Å². The van der Waals surface area contributed by atoms with Gasteiger partial charge in [-0.25, -0.2) is 0 Å². The summed E-state index contributed by atoms with van der Waals surface area (Å²) in [6, 6.07) is 14.6. The van der Waals surface area contributed by atoms with Crippen LogP contribution in [0.3, 0.4) is 0 Å². The van der Waals surface area contributed by atoms with Gasteiger partial charge in [0.05, 0.1) is 20.3 Å². The topological polar surface area (TPSA) is 69.9 Å². The normalized spacial score (nSPS) is 11.6. The second-order valence-electron chi connectivity index (χ2n) is 7.18. The predicted octanol–water partition coefficient (Wildman–Crippen LogP) is 4.98. The van der Waals surface area contributed by atoms with E-state index in [4.69, 9.17) is 18.6 Å². The summed E-state index contributed by atoms with van der Waals surface area (Å²) in [5.41, 5.74) is 3.08. The molecule has 0 radical (unpaired) electrons. The molecular weight excluding hydrogens is 382 g/mol. The molecule has 0 aliphatic rings. The molecule has 0 bridgehead atoms. The highest BCUT2D eigenvalue weighted by Crippen LogP contribution is 2.29. The largest absolute Gasteiger partial charge is 0.497 e. The average molecular weight is 409 g/mol. The minimum atomic E-state index is -0.315. The number of benzene rings is 2. The van der Waals surface area contributed by atoms with Gasteiger partial charge in [0, 0.05) is 5.56 Å². The van der Waals surface area contributed by atoms with Crippen LogP contribution in [0.15, 0.2) is 52.9 Å². The van der Waals surface area contributed by atoms with Crippen LogP contribution in [0.5, 0.6) is 17.2 Å². The molecule has 3 rings (SSSR count). The highest BCUT2D eigenvalue weighted by molar-refractivity contribution is 5.91. The predicted molar refractivity (Wildman–Crippen MR) is 114 cm³/mol. The standard InChI is InChI=1S/C24H27NO5/c1-15-10-16(2)12-20(11-15)29-14-19-7-9-23(30-19)24(26)25-17(3)21-13-18(27-4)6-8-22(21)28-5/h6-13,17H,14H2,1-5H3,(H,25,26). The summed E-state index contributed by atoms with van der Waals surface area (Å²) in [5.74, 6) is 2.62. The van der Waals surface area contributed by atoms with Crippen molar-refractivity contribution in [1.82, 2.24) is 5.32 Å². The Kier molecular flexibility index (Phi) is 6.67. The molecule has 1 aromatic heterocycles. The van der Waals surface area contributed by atoms with Crippen LogP contribution < -0.4 is 19.5 Å². The van der Waals surface area contributed by atoms with Gasteiger partial charge < -0.3 is 23.9 Å². The summed E-state index contributed by atoms with van der Waals surface area (Å²) >= 11 is 0. The van der Waals surface area contributed by atoms with E-state index in [2.05, 4.69) is 11.4 Å². The third-order valence-electron chi connectivity index (χ3n) is 4.71. The first-order chi connectivity index (χ1) is 14.4. The van der Waals surface area contributed by atoms with Crippen LogP contribution in [-0.4, -0.2) is 20.1 Å². The Balaban J connectivity index is 1.65. The van der Waals surface area contributed by atoms with Crippen molar-refractivity contribution >= 4 is 5.91 Å². The number of aryl methyl sites for hydroxylation is 2. The second kappa shape index (κ2) is 9.39. The van der Waals surface area contributed by atoms with Crippen LogP contribution in [-0.2, 0) is 6.61 Å². The number of hydrogen-bond acceptors (Lipinski definition) is 5. The molecule has 0 fully saturated rings. The lowest BCUT2D eigenvalue weighted by Gasteiger charge is -2.17. The van der Waals surface area contributed by atoms with Crippen LogP contribution in [0.4, 0.5) is 0 Å². The molecule has 1 heterocycles. The number of carbonyl (C=O) groups is 1. The molecule has 1 unspecified atom stereocenters. The molecule has 30 heavy (non-hydrogen) atoms. The van der Waals surface area contributed by atoms with E-state index in [9.17, 15) is 4.79 Å². The van der Waals surface area contributed by atoms with Gasteiger partial charge in [-0.15, -0.1) is 0 Å². The van der Waals surface area contributed by atoms with Crippen molar-refractivity contribution in [2.75, 3.05) is 14.2 Å². The molecule has 1 amide bonds. The summed E-state index contributed by atoms with van der Waals surface area (Å²) < 4.78 is 22.1. The van der Waals surface area contributed by atoms with Crippen LogP contribution in [0.25, 0.3) is 0 Å². The first kappa shape index (κ1) is 21.3. The molecule has 0 saturated heterocycles. The summed E-state index contributed by atoms with van der Waals surface area (Å²) in [5, 5.41) is 2.93. The van der Waals surface area contributed by atoms with E-state index >= 15 is 0 Å². The van der Waals surface area contributed by atoms with Gasteiger partial charge in [0.15, 0.2) is 5.76 Å². The number of furan rings is 1. The fourth-order valence-electron chi connectivity index (χ4n) is 3.27. The molecule has 0 aliphatic heterocycles. The maximum atomic E-state index is 12.6. The number of ether oxygens (including phenoxy) is 3. The van der Waals surface area contributed by atoms with Gasteiger partial charge in [-0.05, 0) is 74.4 Å². The molecule has 2 aromatic carbocycles. The van der Waals surface area contributed by atoms with Gasteiger partial charge in [0.1, 0.15) is 29.6 Å². The maximum Gasteiger partial charge on any atom is 0.287 e. The summed E-state index contributed by atoms with van der Waals surface area (Å²) in [6.07, 6.45) is 0. The molecule has 0 aliphatic carbocycles. The maximum absolute atomic E-state index is 12.6. The van der Waals surface area contributed by atoms with Crippen molar-refractivity contribution in [2.24, 2.45) is 0 Å². The average Bonchev–Trinajstić information content (AvgIpc) is 3.20. The Morgan fingerprint density at radius 2 is 1.70 bits per heavy atom. The summed E-state index contributed by atoms with van der Waals surface area (Å²) in [4.78, 5) is 12.6. The molecular formula is C24H27NO5. The lowest BCUT2D eigenvalue weighted by molar-refractivity contribution is 0.0907. The minimum Gasteiger partial charge on any atom is -0.497 e. The van der Waals surface area contributed by atoms with Crippen molar-refractivity contribution in [3.63, 3.8) is 0 Å². The third-order valence-corrected chi connectivity index (χ3v) is 4.71. The van der Waals surface area contributed by atoms with E-state index in [0.717, 1.165) is 22.4 Å². The summed E-state index contributed by atoms with van der Waals surface area (Å²) in [7, 11) is 3.19. The van der Waals surface area contributed by atoms with Gasteiger partial charge in [-0.1, -0.05) is 6.07 Å². The van der Waals surface area contributed by atoms with E-state index in [1.165, 1.54) is 0 Å². The molecule has 1 N–H and O–H groups in total. The fourth-order valence-corrected chi connectivity index (χ4v) is 3.27. The Labute approximate surface area is 176 Å². The molecule has 0 spiro atoms. The van der Waals surface area contributed by atoms with Crippen molar-refractivity contribution < 1.29 is 23.4 Å². The van der Waals surface area contributed by atoms with Crippen molar-refractivity contribution in [3.8, 4) is 17.2 Å². The van der Waals surface area contributed by atoms with E-state index in [1.807, 2.05) is 51.1 Å². The summed E-state index contributed by atoms with van der Waals surface area (Å²) in [6.45, 7) is 6.17. The molecule has 3 aromatic rings. The van der Waals surface area contributed by atoms with Crippen molar-refractivity contribution in [3.05, 3.63) is 76.7 Å². The second-order valence-corrected chi connectivity index (χ2v) is 7.18. The number of methoxy groups -OCH3 is 2. The van der Waals surface area contributed by atoms with Crippen LogP contribution >= 0.6 is 0 Å².